The van der Waals surface area contributed by atoms with E-state index in [2.05, 4.69) is 5.32 Å². The average Bonchev–Trinajstić information content (AvgIpc) is 2.12. The third-order valence-corrected chi connectivity index (χ3v) is 2.44. The van der Waals surface area contributed by atoms with Crippen LogP contribution in [0.5, 0.6) is 0 Å². The summed E-state index contributed by atoms with van der Waals surface area (Å²) >= 11 is 5.71. The van der Waals surface area contributed by atoms with Crippen LogP contribution in [0.3, 0.4) is 0 Å². The summed E-state index contributed by atoms with van der Waals surface area (Å²) in [6.07, 6.45) is 0. The number of hydrogen-bond donors (Lipinski definition) is 3. The largest absolute Gasteiger partial charge is 0.397 e. The minimum Gasteiger partial charge on any atom is -0.397 e. The van der Waals surface area contributed by atoms with Gasteiger partial charge in [-0.15, -0.1) is 0 Å². The van der Waals surface area contributed by atoms with Gasteiger partial charge in [0, 0.05) is 6.54 Å². The third-order valence-electron chi connectivity index (χ3n) is 2.06. The molecule has 0 saturated carbocycles. The van der Waals surface area contributed by atoms with Gasteiger partial charge in [-0.1, -0.05) is 32.4 Å². The summed E-state index contributed by atoms with van der Waals surface area (Å²) in [5.41, 5.74) is 11.8. The van der Waals surface area contributed by atoms with Crippen molar-refractivity contribution < 1.29 is 4.39 Å². The summed E-state index contributed by atoms with van der Waals surface area (Å²) in [4.78, 5) is 0. The normalized spacial score (nSPS) is 11.6. The second kappa shape index (κ2) is 4.37. The highest BCUT2D eigenvalue weighted by Gasteiger charge is 2.16. The lowest BCUT2D eigenvalue weighted by molar-refractivity contribution is 0.442. The van der Waals surface area contributed by atoms with Gasteiger partial charge >= 0.3 is 0 Å². The lowest BCUT2D eigenvalue weighted by Crippen LogP contribution is -2.20. The Bertz CT molecular complexity index is 399. The Morgan fingerprint density at radius 1 is 1.31 bits per heavy atom. The van der Waals surface area contributed by atoms with E-state index in [0.29, 0.717) is 6.54 Å². The Labute approximate surface area is 100.0 Å². The quantitative estimate of drug-likeness (QED) is 0.702. The molecular weight excluding hydrogens is 229 g/mol. The lowest BCUT2D eigenvalue weighted by atomic mass is 9.97. The van der Waals surface area contributed by atoms with Crippen LogP contribution in [0.1, 0.15) is 20.8 Å². The molecule has 0 amide bonds. The first-order valence-electron chi connectivity index (χ1n) is 4.99. The Morgan fingerprint density at radius 3 is 2.38 bits per heavy atom. The van der Waals surface area contributed by atoms with Gasteiger partial charge in [-0.25, -0.2) is 4.39 Å². The molecule has 16 heavy (non-hydrogen) atoms. The highest BCUT2D eigenvalue weighted by molar-refractivity contribution is 6.33. The maximum absolute atomic E-state index is 13.7. The van der Waals surface area contributed by atoms with Gasteiger partial charge < -0.3 is 16.8 Å². The molecule has 0 fully saturated rings. The molecule has 0 aliphatic heterocycles. The molecule has 1 aromatic rings. The van der Waals surface area contributed by atoms with Crippen molar-refractivity contribution in [3.8, 4) is 0 Å². The molecule has 3 nitrogen and oxygen atoms in total. The van der Waals surface area contributed by atoms with Crippen LogP contribution in [-0.4, -0.2) is 6.54 Å². The van der Waals surface area contributed by atoms with E-state index >= 15 is 0 Å². The SMILES string of the molecule is CC(C)(C)CNc1c(N)cc(N)c(Cl)c1F. The van der Waals surface area contributed by atoms with E-state index in [0.717, 1.165) is 0 Å². The van der Waals surface area contributed by atoms with Crippen molar-refractivity contribution in [2.24, 2.45) is 5.41 Å². The number of benzene rings is 1. The maximum Gasteiger partial charge on any atom is 0.169 e. The first-order valence-corrected chi connectivity index (χ1v) is 5.37. The van der Waals surface area contributed by atoms with E-state index in [1.54, 1.807) is 0 Å². The van der Waals surface area contributed by atoms with Gasteiger partial charge in [-0.3, -0.25) is 0 Å². The van der Waals surface area contributed by atoms with Crippen LogP contribution in [0.15, 0.2) is 6.07 Å². The number of rotatable bonds is 2. The molecule has 0 saturated heterocycles. The molecule has 0 spiro atoms. The zero-order valence-electron chi connectivity index (χ0n) is 9.70. The highest BCUT2D eigenvalue weighted by Crippen LogP contribution is 2.34. The zero-order valence-corrected chi connectivity index (χ0v) is 10.5. The Kier molecular flexibility index (Phi) is 3.53. The average molecular weight is 246 g/mol. The van der Waals surface area contributed by atoms with Crippen LogP contribution < -0.4 is 16.8 Å². The van der Waals surface area contributed by atoms with Crippen LogP contribution in [0.4, 0.5) is 21.5 Å². The minimum absolute atomic E-state index is 0.0206. The Hall–Kier alpha value is -1.16. The van der Waals surface area contributed by atoms with Crippen molar-refractivity contribution in [1.82, 2.24) is 0 Å². The number of hydrogen-bond acceptors (Lipinski definition) is 3. The number of anilines is 3. The standard InChI is InChI=1S/C11H17ClFN3/c1-11(2,3)5-16-10-7(15)4-6(14)8(12)9(10)13/h4,16H,5,14-15H2,1-3H3. The summed E-state index contributed by atoms with van der Waals surface area (Å²) < 4.78 is 13.7. The molecule has 0 heterocycles. The van der Waals surface area contributed by atoms with E-state index < -0.39 is 5.82 Å². The molecule has 90 valence electrons. The fourth-order valence-electron chi connectivity index (χ4n) is 1.20. The molecule has 0 aliphatic rings. The third kappa shape index (κ3) is 2.92. The monoisotopic (exact) mass is 245 g/mol. The van der Waals surface area contributed by atoms with Gasteiger partial charge in [0.25, 0.3) is 0 Å². The van der Waals surface area contributed by atoms with Crippen molar-refractivity contribution in [3.05, 3.63) is 16.9 Å². The molecule has 1 rings (SSSR count). The number of nitrogens with two attached hydrogens (primary N) is 2. The van der Waals surface area contributed by atoms with Crippen LogP contribution in [0.25, 0.3) is 0 Å². The number of halogens is 2. The van der Waals surface area contributed by atoms with E-state index in [1.165, 1.54) is 6.07 Å². The minimum atomic E-state index is -0.594. The maximum atomic E-state index is 13.7. The lowest BCUT2D eigenvalue weighted by Gasteiger charge is -2.21. The van der Waals surface area contributed by atoms with Crippen molar-refractivity contribution in [1.29, 1.82) is 0 Å². The Balaban J connectivity index is 3.01. The summed E-state index contributed by atoms with van der Waals surface area (Å²) in [6, 6.07) is 1.45. The topological polar surface area (TPSA) is 64.1 Å². The summed E-state index contributed by atoms with van der Waals surface area (Å²) in [7, 11) is 0. The predicted octanol–water partition coefficient (Wildman–Crippen LogP) is 3.10. The van der Waals surface area contributed by atoms with E-state index in [9.17, 15) is 4.39 Å². The van der Waals surface area contributed by atoms with E-state index in [1.807, 2.05) is 20.8 Å². The molecule has 0 atom stereocenters. The van der Waals surface area contributed by atoms with Gasteiger partial charge in [-0.05, 0) is 11.5 Å². The van der Waals surface area contributed by atoms with Gasteiger partial charge in [0.05, 0.1) is 17.1 Å². The molecular formula is C11H17ClFN3. The molecule has 0 aromatic heterocycles. The molecule has 0 unspecified atom stereocenters. The van der Waals surface area contributed by atoms with Crippen LogP contribution in [0.2, 0.25) is 5.02 Å². The van der Waals surface area contributed by atoms with Gasteiger partial charge in [0.1, 0.15) is 5.02 Å². The van der Waals surface area contributed by atoms with Crippen LogP contribution in [-0.2, 0) is 0 Å². The number of nitrogen functional groups attached to an aromatic ring is 2. The zero-order chi connectivity index (χ0) is 12.5. The van der Waals surface area contributed by atoms with Crippen molar-refractivity contribution in [3.63, 3.8) is 0 Å². The van der Waals surface area contributed by atoms with Crippen molar-refractivity contribution >= 4 is 28.7 Å². The first kappa shape index (κ1) is 12.9. The van der Waals surface area contributed by atoms with Crippen LogP contribution in [0, 0.1) is 11.2 Å². The molecule has 0 bridgehead atoms. The van der Waals surface area contributed by atoms with Gasteiger partial charge in [0.2, 0.25) is 0 Å². The highest BCUT2D eigenvalue weighted by atomic mass is 35.5. The molecule has 5 heteroatoms. The molecule has 0 aliphatic carbocycles. The molecule has 1 aromatic carbocycles. The van der Waals surface area contributed by atoms with Gasteiger partial charge in [-0.2, -0.15) is 0 Å². The number of nitrogens with one attached hydrogen (secondary N) is 1. The predicted molar refractivity (Wildman–Crippen MR) is 68.2 cm³/mol. The van der Waals surface area contributed by atoms with Crippen LogP contribution >= 0.6 is 11.6 Å². The summed E-state index contributed by atoms with van der Waals surface area (Å²) in [5.74, 6) is -0.594. The molecule has 0 radical (unpaired) electrons. The van der Waals surface area contributed by atoms with Crippen molar-refractivity contribution in [2.45, 2.75) is 20.8 Å². The fourth-order valence-corrected chi connectivity index (χ4v) is 1.35. The molecule has 5 N–H and O–H groups in total. The van der Waals surface area contributed by atoms with E-state index in [-0.39, 0.29) is 27.5 Å². The second-order valence-corrected chi connectivity index (χ2v) is 5.35. The smallest absolute Gasteiger partial charge is 0.169 e. The Morgan fingerprint density at radius 2 is 1.88 bits per heavy atom. The van der Waals surface area contributed by atoms with Gasteiger partial charge in [0.15, 0.2) is 5.82 Å². The second-order valence-electron chi connectivity index (χ2n) is 4.97. The van der Waals surface area contributed by atoms with E-state index in [4.69, 9.17) is 23.1 Å². The summed E-state index contributed by atoms with van der Waals surface area (Å²) in [6.45, 7) is 6.70. The summed E-state index contributed by atoms with van der Waals surface area (Å²) in [5, 5.41) is 2.86. The fraction of sp³-hybridized carbons (Fsp3) is 0.455. The van der Waals surface area contributed by atoms with Crippen molar-refractivity contribution in [2.75, 3.05) is 23.3 Å². The first-order chi connectivity index (χ1) is 7.22.